The summed E-state index contributed by atoms with van der Waals surface area (Å²) in [4.78, 5) is 13.9. The lowest BCUT2D eigenvalue weighted by Crippen LogP contribution is -2.36. The first-order chi connectivity index (χ1) is 8.58. The fourth-order valence-corrected chi connectivity index (χ4v) is 2.23. The molecule has 3 nitrogen and oxygen atoms in total. The summed E-state index contributed by atoms with van der Waals surface area (Å²) in [5.41, 5.74) is 1.32. The largest absolute Gasteiger partial charge is 0.462 e. The van der Waals surface area contributed by atoms with Crippen molar-refractivity contribution in [3.8, 4) is 0 Å². The number of nitrogens with zero attached hydrogens (tertiary/aromatic N) is 1. The molecule has 104 valence electrons. The van der Waals surface area contributed by atoms with Crippen LogP contribution in [0.15, 0.2) is 11.6 Å². The minimum Gasteiger partial charge on any atom is -0.462 e. The van der Waals surface area contributed by atoms with E-state index in [1.807, 2.05) is 6.92 Å². The van der Waals surface area contributed by atoms with E-state index in [2.05, 4.69) is 24.8 Å². The van der Waals surface area contributed by atoms with Crippen molar-refractivity contribution in [3.63, 3.8) is 0 Å². The molecule has 0 saturated carbocycles. The predicted molar refractivity (Wildman–Crippen MR) is 74.5 cm³/mol. The summed E-state index contributed by atoms with van der Waals surface area (Å²) >= 11 is 0. The number of hydrogen-bond acceptors (Lipinski definition) is 3. The molecule has 0 unspecified atom stereocenters. The van der Waals surface area contributed by atoms with Gasteiger partial charge in [0.05, 0.1) is 12.6 Å². The molecule has 0 radical (unpaired) electrons. The standard InChI is InChI=1S/C15H27NO2/c1-13(2)8-7-9-14(3)18-15(17)12-16-10-5-4-6-11-16/h8,14H,4-7,9-12H2,1-3H3/t14-/m0/s1. The number of hydrogen-bond donors (Lipinski definition) is 0. The highest BCUT2D eigenvalue weighted by Crippen LogP contribution is 2.09. The average Bonchev–Trinajstić information content (AvgIpc) is 2.29. The highest BCUT2D eigenvalue weighted by molar-refractivity contribution is 5.71. The lowest BCUT2D eigenvalue weighted by atomic mass is 10.1. The van der Waals surface area contributed by atoms with E-state index in [9.17, 15) is 4.79 Å². The van der Waals surface area contributed by atoms with Crippen LogP contribution in [-0.2, 0) is 9.53 Å². The van der Waals surface area contributed by atoms with Gasteiger partial charge in [0.15, 0.2) is 0 Å². The predicted octanol–water partition coefficient (Wildman–Crippen LogP) is 3.15. The Morgan fingerprint density at radius 1 is 1.28 bits per heavy atom. The van der Waals surface area contributed by atoms with Gasteiger partial charge in [0.2, 0.25) is 0 Å². The summed E-state index contributed by atoms with van der Waals surface area (Å²) in [6.07, 6.45) is 7.84. The Balaban J connectivity index is 2.16. The third-order valence-corrected chi connectivity index (χ3v) is 3.26. The molecule has 0 aromatic carbocycles. The molecule has 3 heteroatoms. The molecule has 0 aliphatic carbocycles. The number of ether oxygens (including phenoxy) is 1. The summed E-state index contributed by atoms with van der Waals surface area (Å²) in [6.45, 7) is 8.71. The molecule has 0 aromatic heterocycles. The number of carbonyl (C=O) groups excluding carboxylic acids is 1. The van der Waals surface area contributed by atoms with E-state index in [1.165, 1.54) is 24.8 Å². The van der Waals surface area contributed by atoms with Gasteiger partial charge in [-0.25, -0.2) is 0 Å². The molecule has 1 saturated heterocycles. The smallest absolute Gasteiger partial charge is 0.320 e. The zero-order valence-electron chi connectivity index (χ0n) is 12.1. The first-order valence-electron chi connectivity index (χ1n) is 7.13. The van der Waals surface area contributed by atoms with E-state index in [1.54, 1.807) is 0 Å². The first kappa shape index (κ1) is 15.2. The van der Waals surface area contributed by atoms with Crippen LogP contribution in [0.2, 0.25) is 0 Å². The van der Waals surface area contributed by atoms with E-state index in [4.69, 9.17) is 4.74 Å². The highest BCUT2D eigenvalue weighted by Gasteiger charge is 2.16. The van der Waals surface area contributed by atoms with Crippen molar-refractivity contribution in [1.82, 2.24) is 4.90 Å². The Bertz CT molecular complexity index is 276. The maximum Gasteiger partial charge on any atom is 0.320 e. The maximum atomic E-state index is 11.7. The Morgan fingerprint density at radius 2 is 1.94 bits per heavy atom. The number of allylic oxidation sites excluding steroid dienone is 2. The molecule has 1 heterocycles. The van der Waals surface area contributed by atoms with Gasteiger partial charge in [-0.2, -0.15) is 0 Å². The van der Waals surface area contributed by atoms with Gasteiger partial charge < -0.3 is 4.74 Å². The quantitative estimate of drug-likeness (QED) is 0.538. The van der Waals surface area contributed by atoms with Gasteiger partial charge in [-0.1, -0.05) is 18.1 Å². The van der Waals surface area contributed by atoms with Crippen LogP contribution in [0.3, 0.4) is 0 Å². The molecule has 1 rings (SSSR count). The van der Waals surface area contributed by atoms with E-state index >= 15 is 0 Å². The molecule has 0 amide bonds. The van der Waals surface area contributed by atoms with Crippen molar-refractivity contribution in [2.24, 2.45) is 0 Å². The van der Waals surface area contributed by atoms with Crippen molar-refractivity contribution in [2.75, 3.05) is 19.6 Å². The molecule has 0 N–H and O–H groups in total. The van der Waals surface area contributed by atoms with Crippen LogP contribution in [0, 0.1) is 0 Å². The van der Waals surface area contributed by atoms with Crippen molar-refractivity contribution in [1.29, 1.82) is 0 Å². The van der Waals surface area contributed by atoms with E-state index < -0.39 is 0 Å². The van der Waals surface area contributed by atoms with Gasteiger partial charge in [-0.3, -0.25) is 9.69 Å². The summed E-state index contributed by atoms with van der Waals surface area (Å²) in [5, 5.41) is 0. The summed E-state index contributed by atoms with van der Waals surface area (Å²) < 4.78 is 5.43. The minimum atomic E-state index is -0.0680. The average molecular weight is 253 g/mol. The number of rotatable bonds is 6. The van der Waals surface area contributed by atoms with Crippen LogP contribution in [0.4, 0.5) is 0 Å². The van der Waals surface area contributed by atoms with Gasteiger partial charge in [-0.15, -0.1) is 0 Å². The maximum absolute atomic E-state index is 11.7. The zero-order valence-corrected chi connectivity index (χ0v) is 12.1. The van der Waals surface area contributed by atoms with Crippen molar-refractivity contribution < 1.29 is 9.53 Å². The van der Waals surface area contributed by atoms with E-state index in [0.29, 0.717) is 6.54 Å². The second-order valence-electron chi connectivity index (χ2n) is 5.50. The van der Waals surface area contributed by atoms with E-state index in [0.717, 1.165) is 25.9 Å². The Hall–Kier alpha value is -0.830. The summed E-state index contributed by atoms with van der Waals surface area (Å²) in [7, 11) is 0. The topological polar surface area (TPSA) is 29.5 Å². The normalized spacial score (nSPS) is 18.2. The lowest BCUT2D eigenvalue weighted by molar-refractivity contribution is -0.150. The highest BCUT2D eigenvalue weighted by atomic mass is 16.5. The fourth-order valence-electron chi connectivity index (χ4n) is 2.23. The number of esters is 1. The van der Waals surface area contributed by atoms with Crippen LogP contribution in [0.5, 0.6) is 0 Å². The third kappa shape index (κ3) is 6.80. The van der Waals surface area contributed by atoms with Crippen LogP contribution in [-0.4, -0.2) is 36.6 Å². The van der Waals surface area contributed by atoms with Crippen LogP contribution in [0.1, 0.15) is 52.9 Å². The molecular weight excluding hydrogens is 226 g/mol. The summed E-state index contributed by atoms with van der Waals surface area (Å²) in [5.74, 6) is -0.0680. The molecule has 1 aliphatic heterocycles. The summed E-state index contributed by atoms with van der Waals surface area (Å²) in [6, 6.07) is 0. The lowest BCUT2D eigenvalue weighted by Gasteiger charge is -2.25. The molecule has 1 aliphatic rings. The molecule has 0 aromatic rings. The third-order valence-electron chi connectivity index (χ3n) is 3.26. The number of piperidine rings is 1. The van der Waals surface area contributed by atoms with Gasteiger partial charge in [0, 0.05) is 0 Å². The fraction of sp³-hybridized carbons (Fsp3) is 0.800. The Morgan fingerprint density at radius 3 is 2.56 bits per heavy atom. The molecular formula is C15H27NO2. The van der Waals surface area contributed by atoms with Crippen molar-refractivity contribution >= 4 is 5.97 Å². The molecule has 0 bridgehead atoms. The second kappa shape index (κ2) is 8.30. The monoisotopic (exact) mass is 253 g/mol. The molecule has 1 atom stereocenters. The second-order valence-corrected chi connectivity index (χ2v) is 5.50. The molecule has 18 heavy (non-hydrogen) atoms. The minimum absolute atomic E-state index is 0.0258. The number of carbonyl (C=O) groups is 1. The number of likely N-dealkylation sites (tertiary alicyclic amines) is 1. The van der Waals surface area contributed by atoms with Crippen molar-refractivity contribution in [3.05, 3.63) is 11.6 Å². The first-order valence-corrected chi connectivity index (χ1v) is 7.13. The Labute approximate surface area is 111 Å². The molecule has 1 fully saturated rings. The van der Waals surface area contributed by atoms with Gasteiger partial charge >= 0.3 is 5.97 Å². The zero-order chi connectivity index (χ0) is 13.4. The van der Waals surface area contributed by atoms with Crippen molar-refractivity contribution in [2.45, 2.75) is 59.0 Å². The Kier molecular flexibility index (Phi) is 7.02. The van der Waals surface area contributed by atoms with Gasteiger partial charge in [0.1, 0.15) is 0 Å². The van der Waals surface area contributed by atoms with Crippen LogP contribution < -0.4 is 0 Å². The van der Waals surface area contributed by atoms with E-state index in [-0.39, 0.29) is 12.1 Å². The van der Waals surface area contributed by atoms with Gasteiger partial charge in [0.25, 0.3) is 0 Å². The van der Waals surface area contributed by atoms with Crippen LogP contribution in [0.25, 0.3) is 0 Å². The van der Waals surface area contributed by atoms with Crippen LogP contribution >= 0.6 is 0 Å². The SMILES string of the molecule is CC(C)=CCC[C@H](C)OC(=O)CN1CCCCC1. The van der Waals surface area contributed by atoms with Gasteiger partial charge in [-0.05, 0) is 59.5 Å². The molecule has 0 spiro atoms.